The number of H-pyrrole nitrogens is 1. The Morgan fingerprint density at radius 2 is 1.81 bits per heavy atom. The number of nitrogens with zero attached hydrogens (tertiary/aromatic N) is 3. The number of imidazole rings is 1. The molecule has 2 fully saturated rings. The number of aldehydes is 2. The molecule has 1 spiro atoms. The van der Waals surface area contributed by atoms with Crippen molar-refractivity contribution in [3.63, 3.8) is 0 Å². The van der Waals surface area contributed by atoms with Gasteiger partial charge in [0.2, 0.25) is 5.88 Å². The van der Waals surface area contributed by atoms with Gasteiger partial charge in [0.15, 0.2) is 6.29 Å². The van der Waals surface area contributed by atoms with Gasteiger partial charge in [-0.3, -0.25) is 4.79 Å². The maximum Gasteiger partial charge on any atom is 0.223 e. The summed E-state index contributed by atoms with van der Waals surface area (Å²) in [5, 5.41) is 4.27. The van der Waals surface area contributed by atoms with Crippen LogP contribution in [-0.4, -0.2) is 86.1 Å². The lowest BCUT2D eigenvalue weighted by Crippen LogP contribution is -2.34. The maximum atomic E-state index is 10.6. The average molecular weight is 675 g/mol. The van der Waals surface area contributed by atoms with Gasteiger partial charge in [-0.2, -0.15) is 0 Å². The Morgan fingerprint density at radius 3 is 2.44 bits per heavy atom. The summed E-state index contributed by atoms with van der Waals surface area (Å²) < 4.78 is 5.48. The third kappa shape index (κ3) is 11.0. The van der Waals surface area contributed by atoms with Gasteiger partial charge in [-0.15, -0.1) is 11.8 Å². The Morgan fingerprint density at radius 1 is 1.08 bits per heavy atom. The van der Waals surface area contributed by atoms with Crippen molar-refractivity contribution in [2.45, 2.75) is 56.8 Å². The first-order valence-corrected chi connectivity index (χ1v) is 18.2. The number of carbonyl (C=O) groups is 2. The van der Waals surface area contributed by atoms with Crippen molar-refractivity contribution >= 4 is 35.2 Å². The molecule has 260 valence electrons. The molecule has 2 aliphatic rings. The van der Waals surface area contributed by atoms with Gasteiger partial charge >= 0.3 is 0 Å². The van der Waals surface area contributed by atoms with Gasteiger partial charge < -0.3 is 30.5 Å². The highest BCUT2D eigenvalue weighted by atomic mass is 32.2. The predicted octanol–water partition coefficient (Wildman–Crippen LogP) is 6.67. The first-order chi connectivity index (χ1) is 23.5. The predicted molar refractivity (Wildman–Crippen MR) is 199 cm³/mol. The first-order valence-electron chi connectivity index (χ1n) is 17.0. The molecule has 1 saturated carbocycles. The lowest BCUT2D eigenvalue weighted by molar-refractivity contribution is -0.109. The summed E-state index contributed by atoms with van der Waals surface area (Å²) in [5.74, 6) is 2.05. The van der Waals surface area contributed by atoms with E-state index in [0.29, 0.717) is 17.2 Å². The summed E-state index contributed by atoms with van der Waals surface area (Å²) in [6, 6.07) is 17.7. The van der Waals surface area contributed by atoms with Gasteiger partial charge in [0.25, 0.3) is 0 Å². The molecule has 1 aliphatic carbocycles. The van der Waals surface area contributed by atoms with E-state index in [9.17, 15) is 9.59 Å². The summed E-state index contributed by atoms with van der Waals surface area (Å²) in [4.78, 5) is 37.0. The fourth-order valence-electron chi connectivity index (χ4n) is 6.07. The van der Waals surface area contributed by atoms with Crippen LogP contribution in [0.1, 0.15) is 61.6 Å². The van der Waals surface area contributed by atoms with Crippen molar-refractivity contribution in [2.24, 2.45) is 17.1 Å². The van der Waals surface area contributed by atoms with E-state index in [1.807, 2.05) is 62.0 Å². The van der Waals surface area contributed by atoms with E-state index in [1.54, 1.807) is 18.9 Å². The number of benzene rings is 2. The first kappa shape index (κ1) is 38.9. The lowest BCUT2D eigenvalue weighted by atomic mass is 9.91. The standard InChI is InChI=1S/C19H24N4O.C10H17NO.C8H8OS.CH5N/c1-20-11-7-3-4-10-18-21-13-17(22-18)15-12-14-8-5-6-9-16(14)23-19(15)24-2;1-2-11-5-3-10(4-6-11)7-9(10)8-12;1-10-8-5-3-2-4-7(8)6-9;1-2/h5-6,8-9,12-13,20H,3-4,7,10-11H2,1-2H3,(H,21,22);8-9H,2-7H2,1H3;2-6H,1H3;2H2,1H3. The van der Waals surface area contributed by atoms with Crippen molar-refractivity contribution < 1.29 is 14.3 Å². The number of aromatic amines is 1. The van der Waals surface area contributed by atoms with Crippen LogP contribution < -0.4 is 15.8 Å². The highest BCUT2D eigenvalue weighted by Gasteiger charge is 2.54. The Balaban J connectivity index is 0.000000216. The molecule has 1 saturated heterocycles. The number of aryl methyl sites for hydroxylation is 1. The molecule has 4 N–H and O–H groups in total. The molecule has 2 aromatic heterocycles. The fourth-order valence-corrected chi connectivity index (χ4v) is 6.64. The number of likely N-dealkylation sites (tertiary alicyclic amines) is 1. The van der Waals surface area contributed by atoms with Crippen molar-refractivity contribution in [3.8, 4) is 17.1 Å². The van der Waals surface area contributed by atoms with E-state index in [-0.39, 0.29) is 0 Å². The van der Waals surface area contributed by atoms with Crippen molar-refractivity contribution in [1.29, 1.82) is 0 Å². The molecule has 4 aromatic rings. The number of rotatable bonds is 12. The number of hydrogen-bond acceptors (Lipinski definition) is 9. The van der Waals surface area contributed by atoms with Crippen LogP contribution in [0.15, 0.2) is 65.7 Å². The van der Waals surface area contributed by atoms with Crippen molar-refractivity contribution in [1.82, 2.24) is 25.2 Å². The van der Waals surface area contributed by atoms with E-state index in [4.69, 9.17) is 4.74 Å². The molecule has 10 heteroatoms. The van der Waals surface area contributed by atoms with Crippen molar-refractivity contribution in [2.75, 3.05) is 53.6 Å². The number of methoxy groups -OCH3 is 1. The smallest absolute Gasteiger partial charge is 0.223 e. The number of hydrogen-bond donors (Lipinski definition) is 3. The zero-order chi connectivity index (χ0) is 34.8. The second-order valence-corrected chi connectivity index (χ2v) is 12.8. The summed E-state index contributed by atoms with van der Waals surface area (Å²) >= 11 is 1.59. The molecule has 1 aliphatic heterocycles. The average Bonchev–Trinajstić information content (AvgIpc) is 3.61. The number of thioether (sulfide) groups is 1. The number of aromatic nitrogens is 3. The van der Waals surface area contributed by atoms with Gasteiger partial charge in [-0.05, 0) is 102 Å². The number of pyridine rings is 1. The summed E-state index contributed by atoms with van der Waals surface area (Å²) in [5.41, 5.74) is 8.57. The second kappa shape index (κ2) is 20.7. The van der Waals surface area contributed by atoms with Crippen LogP contribution in [0.2, 0.25) is 0 Å². The topological polar surface area (TPSA) is 126 Å². The van der Waals surface area contributed by atoms with Gasteiger partial charge in [-0.1, -0.05) is 49.7 Å². The highest BCUT2D eigenvalue weighted by molar-refractivity contribution is 7.98. The number of ether oxygens (including phenoxy) is 1. The van der Waals surface area contributed by atoms with Crippen LogP contribution in [0.4, 0.5) is 0 Å². The van der Waals surface area contributed by atoms with Crippen LogP contribution in [0.3, 0.4) is 0 Å². The van der Waals surface area contributed by atoms with Gasteiger partial charge in [0, 0.05) is 28.2 Å². The molecule has 1 unspecified atom stereocenters. The molecule has 3 heterocycles. The number of carbonyl (C=O) groups excluding carboxylic acids is 2. The van der Waals surface area contributed by atoms with E-state index in [1.165, 1.54) is 65.1 Å². The Bertz CT molecular complexity index is 1540. The third-order valence-corrected chi connectivity index (χ3v) is 9.94. The second-order valence-electron chi connectivity index (χ2n) is 12.0. The normalized spacial score (nSPS) is 16.0. The lowest BCUT2D eigenvalue weighted by Gasteiger charge is -2.31. The fraction of sp³-hybridized carbons (Fsp3) is 0.474. The van der Waals surface area contributed by atoms with Gasteiger partial charge in [0.1, 0.15) is 12.1 Å². The SMILES string of the molecule is CCN1CCC2(CC1)CC2C=O.CN.CNCCCCCc1ncc(-c2cc3ccccc3nc2OC)[nH]1.CSc1ccccc1C=O. The maximum absolute atomic E-state index is 10.6. The number of fused-ring (bicyclic) bond motifs is 1. The molecule has 0 bridgehead atoms. The molecular formula is C38H54N6O3S. The molecular weight excluding hydrogens is 621 g/mol. The summed E-state index contributed by atoms with van der Waals surface area (Å²) in [6.45, 7) is 6.87. The number of piperidine rings is 1. The molecule has 48 heavy (non-hydrogen) atoms. The highest BCUT2D eigenvalue weighted by Crippen LogP contribution is 2.58. The number of unbranched alkanes of at least 4 members (excludes halogenated alkanes) is 2. The Labute approximate surface area is 290 Å². The van der Waals surface area contributed by atoms with E-state index < -0.39 is 0 Å². The van der Waals surface area contributed by atoms with Crippen LogP contribution in [-0.2, 0) is 11.2 Å². The molecule has 1 atom stereocenters. The minimum absolute atomic E-state index is 0.413. The minimum atomic E-state index is 0.413. The molecule has 0 radical (unpaired) electrons. The number of nitrogens with one attached hydrogen (secondary N) is 2. The van der Waals surface area contributed by atoms with Gasteiger partial charge in [0.05, 0.1) is 30.1 Å². The van der Waals surface area contributed by atoms with E-state index in [0.717, 1.165) is 64.1 Å². The van der Waals surface area contributed by atoms with E-state index >= 15 is 0 Å². The third-order valence-electron chi connectivity index (χ3n) is 9.12. The number of nitrogens with two attached hydrogens (primary N) is 1. The van der Waals surface area contributed by atoms with E-state index in [2.05, 4.69) is 50.0 Å². The van der Waals surface area contributed by atoms with Crippen LogP contribution >= 0.6 is 11.8 Å². The van der Waals surface area contributed by atoms with Crippen LogP contribution in [0.25, 0.3) is 22.2 Å². The molecule has 9 nitrogen and oxygen atoms in total. The zero-order valence-electron chi connectivity index (χ0n) is 29.3. The molecule has 0 amide bonds. The summed E-state index contributed by atoms with van der Waals surface area (Å²) in [6.07, 6.45) is 14.1. The summed E-state index contributed by atoms with van der Waals surface area (Å²) in [7, 11) is 5.14. The molecule has 2 aromatic carbocycles. The minimum Gasteiger partial charge on any atom is -0.480 e. The quantitative estimate of drug-likeness (QED) is 0.0858. The van der Waals surface area contributed by atoms with Crippen LogP contribution in [0.5, 0.6) is 5.88 Å². The molecule has 6 rings (SSSR count). The monoisotopic (exact) mass is 674 g/mol. The largest absolute Gasteiger partial charge is 0.480 e. The van der Waals surface area contributed by atoms with Gasteiger partial charge in [-0.25, -0.2) is 9.97 Å². The Kier molecular flexibility index (Phi) is 16.8. The van der Waals surface area contributed by atoms with Crippen molar-refractivity contribution in [3.05, 3.63) is 72.2 Å². The number of para-hydroxylation sites is 1. The van der Waals surface area contributed by atoms with Crippen LogP contribution in [0, 0.1) is 11.3 Å². The Hall–Kier alpha value is -3.57. The zero-order valence-corrected chi connectivity index (χ0v) is 30.2.